The van der Waals surface area contributed by atoms with Gasteiger partial charge in [-0.05, 0) is 26.8 Å². The summed E-state index contributed by atoms with van der Waals surface area (Å²) in [5.74, 6) is 0.629. The molecule has 0 aliphatic carbocycles. The topological polar surface area (TPSA) is 51.6 Å². The molecule has 4 nitrogen and oxygen atoms in total. The van der Waals surface area contributed by atoms with E-state index in [1.165, 1.54) is 0 Å². The van der Waals surface area contributed by atoms with Crippen molar-refractivity contribution in [3.8, 4) is 5.75 Å². The molecule has 1 heterocycles. The number of aromatic nitrogens is 1. The van der Waals surface area contributed by atoms with E-state index in [2.05, 4.69) is 4.98 Å². The van der Waals surface area contributed by atoms with Crippen molar-refractivity contribution in [3.05, 3.63) is 24.0 Å². The maximum atomic E-state index is 10.2. The van der Waals surface area contributed by atoms with E-state index < -0.39 is 11.7 Å². The zero-order valence-corrected chi connectivity index (χ0v) is 10.2. The zero-order chi connectivity index (χ0) is 12.2. The fourth-order valence-electron chi connectivity index (χ4n) is 1.55. The van der Waals surface area contributed by atoms with Crippen molar-refractivity contribution in [1.82, 2.24) is 4.98 Å². The van der Waals surface area contributed by atoms with E-state index in [0.717, 1.165) is 0 Å². The third-order valence-corrected chi connectivity index (χ3v) is 2.46. The molecular formula is C12H19NO3. The van der Waals surface area contributed by atoms with E-state index in [4.69, 9.17) is 9.47 Å². The third-order valence-electron chi connectivity index (χ3n) is 2.46. The van der Waals surface area contributed by atoms with E-state index in [-0.39, 0.29) is 0 Å². The van der Waals surface area contributed by atoms with Crippen molar-refractivity contribution in [2.45, 2.75) is 32.5 Å². The van der Waals surface area contributed by atoms with Gasteiger partial charge in [-0.15, -0.1) is 0 Å². The van der Waals surface area contributed by atoms with Crippen molar-refractivity contribution in [1.29, 1.82) is 0 Å². The molecule has 0 saturated heterocycles. The lowest BCUT2D eigenvalue weighted by atomic mass is 9.95. The van der Waals surface area contributed by atoms with Crippen LogP contribution in [0.2, 0.25) is 0 Å². The van der Waals surface area contributed by atoms with Gasteiger partial charge in [0.05, 0.1) is 18.9 Å². The largest absolute Gasteiger partial charge is 0.495 e. The van der Waals surface area contributed by atoms with Crippen LogP contribution in [0, 0.1) is 0 Å². The SMILES string of the molecule is CCOC(C)(C)C(O)c1cncc(OC)c1. The first-order valence-corrected chi connectivity index (χ1v) is 5.32. The van der Waals surface area contributed by atoms with Crippen LogP contribution in [-0.4, -0.2) is 29.4 Å². The monoisotopic (exact) mass is 225 g/mol. The summed E-state index contributed by atoms with van der Waals surface area (Å²) in [4.78, 5) is 4.01. The van der Waals surface area contributed by atoms with Crippen LogP contribution in [0.15, 0.2) is 18.5 Å². The Bertz CT molecular complexity index is 339. The van der Waals surface area contributed by atoms with Crippen molar-refractivity contribution in [2.75, 3.05) is 13.7 Å². The van der Waals surface area contributed by atoms with Crippen LogP contribution in [-0.2, 0) is 4.74 Å². The molecule has 0 spiro atoms. The summed E-state index contributed by atoms with van der Waals surface area (Å²) in [6, 6.07) is 1.76. The van der Waals surface area contributed by atoms with Gasteiger partial charge in [0, 0.05) is 18.4 Å². The minimum absolute atomic E-state index is 0.557. The fourth-order valence-corrected chi connectivity index (χ4v) is 1.55. The number of aliphatic hydroxyl groups excluding tert-OH is 1. The summed E-state index contributed by atoms with van der Waals surface area (Å²) in [6.07, 6.45) is 2.49. The maximum Gasteiger partial charge on any atom is 0.137 e. The highest BCUT2D eigenvalue weighted by molar-refractivity contribution is 5.26. The van der Waals surface area contributed by atoms with E-state index in [0.29, 0.717) is 17.9 Å². The van der Waals surface area contributed by atoms with Gasteiger partial charge in [0.15, 0.2) is 0 Å². The highest BCUT2D eigenvalue weighted by atomic mass is 16.5. The van der Waals surface area contributed by atoms with Crippen LogP contribution in [0.1, 0.15) is 32.4 Å². The summed E-state index contributed by atoms with van der Waals surface area (Å²) in [7, 11) is 1.57. The van der Waals surface area contributed by atoms with Gasteiger partial charge in [0.1, 0.15) is 11.9 Å². The molecule has 0 amide bonds. The molecule has 0 aliphatic heterocycles. The Morgan fingerprint density at radius 2 is 2.12 bits per heavy atom. The first kappa shape index (κ1) is 12.9. The van der Waals surface area contributed by atoms with Gasteiger partial charge < -0.3 is 14.6 Å². The summed E-state index contributed by atoms with van der Waals surface area (Å²) in [6.45, 7) is 6.15. The molecule has 1 rings (SSSR count). The summed E-state index contributed by atoms with van der Waals surface area (Å²) >= 11 is 0. The van der Waals surface area contributed by atoms with Gasteiger partial charge in [-0.3, -0.25) is 4.98 Å². The van der Waals surface area contributed by atoms with Crippen LogP contribution in [0.3, 0.4) is 0 Å². The van der Waals surface area contributed by atoms with Crippen LogP contribution < -0.4 is 4.74 Å². The molecule has 4 heteroatoms. The highest BCUT2D eigenvalue weighted by Gasteiger charge is 2.30. The molecule has 90 valence electrons. The minimum Gasteiger partial charge on any atom is -0.495 e. The molecule has 0 fully saturated rings. The number of ether oxygens (including phenoxy) is 2. The second kappa shape index (κ2) is 5.27. The average molecular weight is 225 g/mol. The molecule has 0 bridgehead atoms. The molecule has 1 unspecified atom stereocenters. The predicted octanol–water partition coefficient (Wildman–Crippen LogP) is 1.94. The molecule has 1 aromatic heterocycles. The molecule has 0 aromatic carbocycles. The number of pyridine rings is 1. The Morgan fingerprint density at radius 3 is 2.69 bits per heavy atom. The lowest BCUT2D eigenvalue weighted by molar-refractivity contribution is -0.0984. The molecule has 0 aliphatic rings. The van der Waals surface area contributed by atoms with Crippen molar-refractivity contribution in [2.24, 2.45) is 0 Å². The third kappa shape index (κ3) is 2.93. The first-order chi connectivity index (χ1) is 7.51. The van der Waals surface area contributed by atoms with Gasteiger partial charge in [-0.2, -0.15) is 0 Å². The summed E-state index contributed by atoms with van der Waals surface area (Å²) in [5, 5.41) is 10.2. The second-order valence-electron chi connectivity index (χ2n) is 4.10. The van der Waals surface area contributed by atoms with Gasteiger partial charge in [-0.1, -0.05) is 0 Å². The Kier molecular flexibility index (Phi) is 4.26. The molecular weight excluding hydrogens is 206 g/mol. The number of rotatable bonds is 5. The number of nitrogens with zero attached hydrogens (tertiary/aromatic N) is 1. The Morgan fingerprint density at radius 1 is 1.44 bits per heavy atom. The van der Waals surface area contributed by atoms with Crippen molar-refractivity contribution in [3.63, 3.8) is 0 Å². The Hall–Kier alpha value is -1.13. The molecule has 1 aromatic rings. The van der Waals surface area contributed by atoms with Crippen molar-refractivity contribution < 1.29 is 14.6 Å². The predicted molar refractivity (Wildman–Crippen MR) is 61.5 cm³/mol. The van der Waals surface area contributed by atoms with E-state index in [1.54, 1.807) is 25.6 Å². The van der Waals surface area contributed by atoms with Crippen LogP contribution in [0.25, 0.3) is 0 Å². The average Bonchev–Trinajstić information content (AvgIpc) is 2.28. The van der Waals surface area contributed by atoms with Crippen LogP contribution in [0.5, 0.6) is 5.75 Å². The Labute approximate surface area is 96.2 Å². The van der Waals surface area contributed by atoms with Gasteiger partial charge in [0.2, 0.25) is 0 Å². The van der Waals surface area contributed by atoms with E-state index in [9.17, 15) is 5.11 Å². The molecule has 16 heavy (non-hydrogen) atoms. The lowest BCUT2D eigenvalue weighted by Crippen LogP contribution is -2.32. The molecule has 0 radical (unpaired) electrons. The normalized spacial score (nSPS) is 13.6. The van der Waals surface area contributed by atoms with Crippen LogP contribution >= 0.6 is 0 Å². The summed E-state index contributed by atoms with van der Waals surface area (Å²) in [5.41, 5.74) is 0.0563. The second-order valence-corrected chi connectivity index (χ2v) is 4.10. The number of aliphatic hydroxyl groups is 1. The highest BCUT2D eigenvalue weighted by Crippen LogP contribution is 2.29. The van der Waals surface area contributed by atoms with E-state index in [1.807, 2.05) is 20.8 Å². The zero-order valence-electron chi connectivity index (χ0n) is 10.2. The quantitative estimate of drug-likeness (QED) is 0.832. The Balaban J connectivity index is 2.90. The molecule has 1 atom stereocenters. The lowest BCUT2D eigenvalue weighted by Gasteiger charge is -2.30. The minimum atomic E-state index is -0.727. The smallest absolute Gasteiger partial charge is 0.137 e. The first-order valence-electron chi connectivity index (χ1n) is 5.32. The number of hydrogen-bond acceptors (Lipinski definition) is 4. The molecule has 1 N–H and O–H groups in total. The van der Waals surface area contributed by atoms with Gasteiger partial charge in [-0.25, -0.2) is 0 Å². The fraction of sp³-hybridized carbons (Fsp3) is 0.583. The number of hydrogen-bond donors (Lipinski definition) is 1. The standard InChI is InChI=1S/C12H19NO3/c1-5-16-12(2,3)11(14)9-6-10(15-4)8-13-7-9/h6-8,11,14H,5H2,1-4H3. The van der Waals surface area contributed by atoms with Crippen LogP contribution in [0.4, 0.5) is 0 Å². The van der Waals surface area contributed by atoms with E-state index >= 15 is 0 Å². The van der Waals surface area contributed by atoms with Crippen molar-refractivity contribution >= 4 is 0 Å². The van der Waals surface area contributed by atoms with Gasteiger partial charge in [0.25, 0.3) is 0 Å². The molecule has 0 saturated carbocycles. The summed E-state index contributed by atoms with van der Waals surface area (Å²) < 4.78 is 10.6. The van der Waals surface area contributed by atoms with Gasteiger partial charge >= 0.3 is 0 Å². The number of methoxy groups -OCH3 is 1. The maximum absolute atomic E-state index is 10.2.